The highest BCUT2D eigenvalue weighted by atomic mass is 16.5. The van der Waals surface area contributed by atoms with Crippen LogP contribution in [0.4, 0.5) is 22.7 Å². The van der Waals surface area contributed by atoms with Gasteiger partial charge in [-0.3, -0.25) is 0 Å². The number of hydrogen-bond donors (Lipinski definition) is 2. The van der Waals surface area contributed by atoms with Crippen LogP contribution in [0, 0.1) is 5.21 Å². The lowest BCUT2D eigenvalue weighted by Gasteiger charge is -2.03. The van der Waals surface area contributed by atoms with E-state index in [1.54, 1.807) is 42.5 Å². The number of benzene rings is 2. The number of nitrogens with two attached hydrogens (primary N) is 2. The average Bonchev–Trinajstić information content (AvgIpc) is 2.36. The van der Waals surface area contributed by atoms with Crippen molar-refractivity contribution in [3.63, 3.8) is 0 Å². The van der Waals surface area contributed by atoms with Gasteiger partial charge in [-0.2, -0.15) is 0 Å². The van der Waals surface area contributed by atoms with Gasteiger partial charge in [0.25, 0.3) is 0 Å². The second kappa shape index (κ2) is 4.52. The van der Waals surface area contributed by atoms with Crippen molar-refractivity contribution >= 4 is 22.7 Å². The summed E-state index contributed by atoms with van der Waals surface area (Å²) >= 11 is 0. The molecule has 0 aliphatic heterocycles. The van der Waals surface area contributed by atoms with Gasteiger partial charge in [-0.15, -0.1) is 0 Å². The highest BCUT2D eigenvalue weighted by Gasteiger charge is 2.06. The Balaban J connectivity index is 2.40. The normalized spacial score (nSPS) is 11.4. The summed E-state index contributed by atoms with van der Waals surface area (Å²) in [6.07, 6.45) is 0. The second-order valence-corrected chi connectivity index (χ2v) is 3.49. The van der Waals surface area contributed by atoms with Gasteiger partial charge in [0.15, 0.2) is 5.69 Å². The Hall–Kier alpha value is -2.56. The fourth-order valence-corrected chi connectivity index (χ4v) is 1.37. The summed E-state index contributed by atoms with van der Waals surface area (Å²) in [6, 6.07) is 13.7. The first-order valence-corrected chi connectivity index (χ1v) is 5.06. The maximum Gasteiger partial charge on any atom is 0.244 e. The molecule has 0 amide bonds. The van der Waals surface area contributed by atoms with Gasteiger partial charge in [-0.25, -0.2) is 0 Å². The number of nitrogens with zero attached hydrogens (tertiary/aromatic N) is 2. The van der Waals surface area contributed by atoms with E-state index in [1.807, 2.05) is 6.07 Å². The summed E-state index contributed by atoms with van der Waals surface area (Å²) < 4.78 is 0. The van der Waals surface area contributed by atoms with E-state index >= 15 is 0 Å². The highest BCUT2D eigenvalue weighted by Crippen LogP contribution is 2.28. The molecule has 0 atom stereocenters. The maximum atomic E-state index is 11.7. The first kappa shape index (κ1) is 10.9. The van der Waals surface area contributed by atoms with Gasteiger partial charge in [0, 0.05) is 17.2 Å². The molecule has 0 aliphatic rings. The molecule has 86 valence electrons. The minimum Gasteiger partial charge on any atom is -0.594 e. The van der Waals surface area contributed by atoms with E-state index in [0.29, 0.717) is 27.6 Å². The van der Waals surface area contributed by atoms with Gasteiger partial charge in [-0.1, -0.05) is 29.1 Å². The van der Waals surface area contributed by atoms with Crippen molar-refractivity contribution in [2.45, 2.75) is 0 Å². The molecule has 0 saturated heterocycles. The summed E-state index contributed by atoms with van der Waals surface area (Å²) in [5.74, 6) is 0. The SMILES string of the molecule is Nc1cccc(N=[N+]([O-])c2ccccc2)c1N. The minimum absolute atomic E-state index is 0.310. The summed E-state index contributed by atoms with van der Waals surface area (Å²) in [6.45, 7) is 0. The lowest BCUT2D eigenvalue weighted by Crippen LogP contribution is -1.96. The van der Waals surface area contributed by atoms with Crippen molar-refractivity contribution in [2.75, 3.05) is 11.5 Å². The molecular formula is C12H12N4O. The Bertz CT molecular complexity index is 552. The Morgan fingerprint density at radius 3 is 2.35 bits per heavy atom. The molecular weight excluding hydrogens is 216 g/mol. The Morgan fingerprint density at radius 2 is 1.65 bits per heavy atom. The minimum atomic E-state index is 0.310. The third-order valence-corrected chi connectivity index (χ3v) is 2.29. The number of rotatable bonds is 2. The van der Waals surface area contributed by atoms with Gasteiger partial charge in [-0.05, 0) is 12.1 Å². The number of azo groups is 1. The fraction of sp³-hybridized carbons (Fsp3) is 0. The summed E-state index contributed by atoms with van der Waals surface area (Å²) in [5.41, 5.74) is 12.9. The molecule has 0 bridgehead atoms. The van der Waals surface area contributed by atoms with Crippen molar-refractivity contribution < 1.29 is 4.86 Å². The monoisotopic (exact) mass is 228 g/mol. The van der Waals surface area contributed by atoms with E-state index in [2.05, 4.69) is 5.11 Å². The Morgan fingerprint density at radius 1 is 0.941 bits per heavy atom. The van der Waals surface area contributed by atoms with Crippen molar-refractivity contribution in [1.29, 1.82) is 0 Å². The topological polar surface area (TPSA) is 90.5 Å². The van der Waals surface area contributed by atoms with Crippen LogP contribution in [0.1, 0.15) is 0 Å². The third kappa shape index (κ3) is 2.34. The Kier molecular flexibility index (Phi) is 2.91. The van der Waals surface area contributed by atoms with Crippen LogP contribution in [-0.4, -0.2) is 4.86 Å². The molecule has 2 aromatic carbocycles. The fourth-order valence-electron chi connectivity index (χ4n) is 1.37. The first-order chi connectivity index (χ1) is 8.18. The standard InChI is InChI=1S/C12H12N4O/c13-10-7-4-8-11(12(10)14)15-16(17)9-5-2-1-3-6-9/h1-8H,13-14H2. The van der Waals surface area contributed by atoms with Gasteiger partial charge in [0.2, 0.25) is 5.69 Å². The molecule has 0 fully saturated rings. The van der Waals surface area contributed by atoms with Gasteiger partial charge in [0.05, 0.1) is 11.4 Å². The van der Waals surface area contributed by atoms with E-state index in [1.165, 1.54) is 0 Å². The molecule has 0 spiro atoms. The molecule has 17 heavy (non-hydrogen) atoms. The number of hydrogen-bond acceptors (Lipinski definition) is 4. The molecule has 2 rings (SSSR count). The molecule has 0 unspecified atom stereocenters. The van der Waals surface area contributed by atoms with Crippen LogP contribution in [0.5, 0.6) is 0 Å². The number of anilines is 2. The van der Waals surface area contributed by atoms with Crippen molar-refractivity contribution in [3.05, 3.63) is 53.7 Å². The average molecular weight is 228 g/mol. The molecule has 0 heterocycles. The van der Waals surface area contributed by atoms with Gasteiger partial charge >= 0.3 is 0 Å². The molecule has 0 saturated carbocycles. The third-order valence-electron chi connectivity index (χ3n) is 2.29. The Labute approximate surface area is 98.6 Å². The molecule has 0 aliphatic carbocycles. The molecule has 2 aromatic rings. The van der Waals surface area contributed by atoms with Crippen LogP contribution in [0.15, 0.2) is 53.6 Å². The zero-order chi connectivity index (χ0) is 12.3. The first-order valence-electron chi connectivity index (χ1n) is 5.06. The summed E-state index contributed by atoms with van der Waals surface area (Å²) in [7, 11) is 0. The van der Waals surface area contributed by atoms with Crippen LogP contribution < -0.4 is 11.5 Å². The van der Waals surface area contributed by atoms with Crippen LogP contribution in [0.3, 0.4) is 0 Å². The summed E-state index contributed by atoms with van der Waals surface area (Å²) in [5, 5.41) is 15.6. The van der Waals surface area contributed by atoms with Gasteiger partial charge in [0.1, 0.15) is 0 Å². The lowest BCUT2D eigenvalue weighted by atomic mass is 10.2. The smallest absolute Gasteiger partial charge is 0.244 e. The van der Waals surface area contributed by atoms with E-state index in [-0.39, 0.29) is 0 Å². The molecule has 0 radical (unpaired) electrons. The van der Waals surface area contributed by atoms with Crippen LogP contribution in [0.25, 0.3) is 0 Å². The summed E-state index contributed by atoms with van der Waals surface area (Å²) in [4.78, 5) is 0.519. The number of nitrogen functional groups attached to an aromatic ring is 2. The van der Waals surface area contributed by atoms with Gasteiger partial charge < -0.3 is 16.7 Å². The zero-order valence-corrected chi connectivity index (χ0v) is 9.08. The van der Waals surface area contributed by atoms with Crippen LogP contribution in [-0.2, 0) is 0 Å². The predicted molar refractivity (Wildman–Crippen MR) is 67.1 cm³/mol. The van der Waals surface area contributed by atoms with E-state index in [0.717, 1.165) is 0 Å². The van der Waals surface area contributed by atoms with Crippen molar-refractivity contribution in [3.8, 4) is 0 Å². The van der Waals surface area contributed by atoms with Crippen molar-refractivity contribution in [1.82, 2.24) is 0 Å². The van der Waals surface area contributed by atoms with Crippen LogP contribution in [0.2, 0.25) is 0 Å². The quantitative estimate of drug-likeness (QED) is 0.358. The molecule has 4 N–H and O–H groups in total. The number of para-hydroxylation sites is 2. The van der Waals surface area contributed by atoms with Crippen molar-refractivity contribution in [2.24, 2.45) is 5.11 Å². The lowest BCUT2D eigenvalue weighted by molar-refractivity contribution is -0.435. The molecule has 5 heteroatoms. The molecule has 0 aromatic heterocycles. The second-order valence-electron chi connectivity index (χ2n) is 3.49. The highest BCUT2D eigenvalue weighted by molar-refractivity contribution is 5.75. The zero-order valence-electron chi connectivity index (χ0n) is 9.08. The predicted octanol–water partition coefficient (Wildman–Crippen LogP) is 2.78. The largest absolute Gasteiger partial charge is 0.594 e. The molecule has 5 nitrogen and oxygen atoms in total. The van der Waals surface area contributed by atoms with Crippen LogP contribution >= 0.6 is 0 Å². The van der Waals surface area contributed by atoms with E-state index in [9.17, 15) is 5.21 Å². The van der Waals surface area contributed by atoms with E-state index < -0.39 is 0 Å². The van der Waals surface area contributed by atoms with E-state index in [4.69, 9.17) is 11.5 Å². The maximum absolute atomic E-state index is 11.7.